The second-order valence-corrected chi connectivity index (χ2v) is 8.56. The molecular weight excluding hydrogens is 358 g/mol. The third-order valence-electron chi connectivity index (χ3n) is 6.24. The third-order valence-corrected chi connectivity index (χ3v) is 6.68. The van der Waals surface area contributed by atoms with Crippen molar-refractivity contribution in [3.63, 3.8) is 0 Å². The summed E-state index contributed by atoms with van der Waals surface area (Å²) in [7, 11) is -4.69. The number of nitrogens with two attached hydrogens (primary N) is 1. The van der Waals surface area contributed by atoms with Gasteiger partial charge >= 0.3 is 10.4 Å². The van der Waals surface area contributed by atoms with E-state index in [1.54, 1.807) is 0 Å². The molecule has 2 aliphatic heterocycles. The highest BCUT2D eigenvalue weighted by atomic mass is 32.3. The number of carbonyl (C=O) groups excluding carboxylic acids is 1. The van der Waals surface area contributed by atoms with Crippen molar-refractivity contribution in [2.75, 3.05) is 5.32 Å². The Balaban J connectivity index is 1.90. The van der Waals surface area contributed by atoms with Crippen molar-refractivity contribution in [1.82, 2.24) is 5.32 Å². The number of benzene rings is 1. The van der Waals surface area contributed by atoms with Crippen LogP contribution < -0.4 is 16.4 Å². The van der Waals surface area contributed by atoms with Crippen LogP contribution in [0.5, 0.6) is 0 Å². The molecule has 4 rings (SSSR count). The Kier molecular flexibility index (Phi) is 4.03. The Labute approximate surface area is 152 Å². The van der Waals surface area contributed by atoms with E-state index in [9.17, 15) is 17.8 Å². The molecule has 3 unspecified atom stereocenters. The lowest BCUT2D eigenvalue weighted by Gasteiger charge is -2.48. The van der Waals surface area contributed by atoms with Gasteiger partial charge in [-0.1, -0.05) is 37.5 Å². The number of hydrogen-bond acceptors (Lipinski definition) is 6. The molecule has 3 atom stereocenters. The average molecular weight is 381 g/mol. The van der Waals surface area contributed by atoms with Gasteiger partial charge in [0.15, 0.2) is 6.23 Å². The molecule has 0 bridgehead atoms. The van der Waals surface area contributed by atoms with E-state index in [4.69, 9.17) is 9.92 Å². The summed E-state index contributed by atoms with van der Waals surface area (Å²) in [6.45, 7) is 0. The van der Waals surface area contributed by atoms with E-state index < -0.39 is 39.5 Å². The summed E-state index contributed by atoms with van der Waals surface area (Å²) in [5.41, 5.74) is 5.90. The lowest BCUT2D eigenvalue weighted by atomic mass is 9.60. The van der Waals surface area contributed by atoms with Crippen LogP contribution in [0.25, 0.3) is 0 Å². The summed E-state index contributed by atoms with van der Waals surface area (Å²) in [4.78, 5) is 12.0. The standard InChI is InChI=1S/C17H23N3O5S/c18-14(21)13-10-17(16(20-13)8-4-1-5-9-16)11-6-2-3-7-12(11)19-15(17)25-26(22,23)24/h2-3,6-7,13,15,19-20H,1,4-5,8-10H2,(H2,18,21)(H,22,23,24). The average Bonchev–Trinajstić information content (AvgIpc) is 3.05. The van der Waals surface area contributed by atoms with Gasteiger partial charge in [0.25, 0.3) is 0 Å². The Morgan fingerprint density at radius 3 is 2.58 bits per heavy atom. The molecule has 2 fully saturated rings. The SMILES string of the molecule is NC(=O)C1CC2(c3ccccc3NC2OS(=O)(=O)O)C2(CCCCC2)N1. The van der Waals surface area contributed by atoms with Crippen LogP contribution in [0.4, 0.5) is 5.69 Å². The van der Waals surface area contributed by atoms with Crippen LogP contribution >= 0.6 is 0 Å². The quantitative estimate of drug-likeness (QED) is 0.576. The van der Waals surface area contributed by atoms with E-state index in [1.807, 2.05) is 24.3 Å². The number of primary amides is 1. The number of anilines is 1. The van der Waals surface area contributed by atoms with E-state index >= 15 is 0 Å². The van der Waals surface area contributed by atoms with Crippen LogP contribution in [0.2, 0.25) is 0 Å². The van der Waals surface area contributed by atoms with Gasteiger partial charge in [0, 0.05) is 11.2 Å². The summed E-state index contributed by atoms with van der Waals surface area (Å²) in [5, 5.41) is 6.53. The van der Waals surface area contributed by atoms with Gasteiger partial charge in [0.1, 0.15) is 0 Å². The molecule has 1 amide bonds. The highest BCUT2D eigenvalue weighted by Crippen LogP contribution is 2.58. The maximum atomic E-state index is 12.0. The van der Waals surface area contributed by atoms with Gasteiger partial charge in [-0.2, -0.15) is 8.42 Å². The number of nitrogens with one attached hydrogen (secondary N) is 2. The fraction of sp³-hybridized carbons (Fsp3) is 0.588. The lowest BCUT2D eigenvalue weighted by Crippen LogP contribution is -2.61. The van der Waals surface area contributed by atoms with Crippen LogP contribution in [0.1, 0.15) is 44.1 Å². The maximum absolute atomic E-state index is 12.0. The van der Waals surface area contributed by atoms with Gasteiger partial charge in [-0.15, -0.1) is 0 Å². The summed E-state index contributed by atoms with van der Waals surface area (Å²) >= 11 is 0. The largest absolute Gasteiger partial charge is 0.399 e. The Morgan fingerprint density at radius 1 is 1.23 bits per heavy atom. The molecule has 26 heavy (non-hydrogen) atoms. The van der Waals surface area contributed by atoms with Crippen LogP contribution in [0, 0.1) is 0 Å². The summed E-state index contributed by atoms with van der Waals surface area (Å²) in [5.74, 6) is -0.471. The van der Waals surface area contributed by atoms with E-state index in [-0.39, 0.29) is 0 Å². The summed E-state index contributed by atoms with van der Waals surface area (Å²) in [6, 6.07) is 6.91. The smallest absolute Gasteiger partial charge is 0.368 e. The molecule has 0 aromatic heterocycles. The molecule has 1 aromatic carbocycles. The van der Waals surface area contributed by atoms with Crippen LogP contribution in [-0.4, -0.2) is 36.7 Å². The molecule has 5 N–H and O–H groups in total. The summed E-state index contributed by atoms with van der Waals surface area (Å²) < 4.78 is 37.6. The van der Waals surface area contributed by atoms with Crippen molar-refractivity contribution in [3.05, 3.63) is 29.8 Å². The van der Waals surface area contributed by atoms with Gasteiger partial charge in [-0.25, -0.2) is 4.18 Å². The molecule has 3 aliphatic rings. The van der Waals surface area contributed by atoms with Crippen LogP contribution in [-0.2, 0) is 24.8 Å². The van der Waals surface area contributed by atoms with Crippen molar-refractivity contribution in [2.24, 2.45) is 5.73 Å². The minimum absolute atomic E-state index is 0.312. The predicted octanol–water partition coefficient (Wildman–Crippen LogP) is 1.05. The first-order valence-corrected chi connectivity index (χ1v) is 10.2. The third kappa shape index (κ3) is 2.53. The van der Waals surface area contributed by atoms with E-state index in [2.05, 4.69) is 10.6 Å². The van der Waals surface area contributed by atoms with E-state index in [1.165, 1.54) is 0 Å². The predicted molar refractivity (Wildman–Crippen MR) is 94.7 cm³/mol. The molecule has 2 heterocycles. The lowest BCUT2D eigenvalue weighted by molar-refractivity contribution is -0.119. The molecule has 1 aliphatic carbocycles. The number of carbonyl (C=O) groups is 1. The number of amides is 1. The fourth-order valence-corrected chi connectivity index (χ4v) is 5.76. The highest BCUT2D eigenvalue weighted by molar-refractivity contribution is 7.80. The Bertz CT molecular complexity index is 837. The van der Waals surface area contributed by atoms with Crippen molar-refractivity contribution in [3.8, 4) is 0 Å². The van der Waals surface area contributed by atoms with Crippen molar-refractivity contribution in [2.45, 2.75) is 61.7 Å². The normalized spacial score (nSPS) is 32.5. The molecule has 9 heteroatoms. The first-order valence-electron chi connectivity index (χ1n) is 8.86. The number of hydrogen-bond donors (Lipinski definition) is 4. The minimum atomic E-state index is -4.69. The van der Waals surface area contributed by atoms with Crippen LogP contribution in [0.3, 0.4) is 0 Å². The van der Waals surface area contributed by atoms with E-state index in [0.717, 1.165) is 43.4 Å². The second kappa shape index (κ2) is 5.91. The topological polar surface area (TPSA) is 131 Å². The molecule has 8 nitrogen and oxygen atoms in total. The van der Waals surface area contributed by atoms with Crippen LogP contribution in [0.15, 0.2) is 24.3 Å². The zero-order chi connectivity index (χ0) is 18.6. The van der Waals surface area contributed by atoms with Gasteiger partial charge in [0.2, 0.25) is 5.91 Å². The maximum Gasteiger partial charge on any atom is 0.399 e. The molecular formula is C17H23N3O5S. The molecule has 2 spiro atoms. The molecule has 142 valence electrons. The monoisotopic (exact) mass is 381 g/mol. The second-order valence-electron chi connectivity index (χ2n) is 7.51. The van der Waals surface area contributed by atoms with Gasteiger partial charge in [-0.05, 0) is 30.9 Å². The number of para-hydroxylation sites is 1. The first-order chi connectivity index (χ1) is 12.3. The summed E-state index contributed by atoms with van der Waals surface area (Å²) in [6.07, 6.45) is 3.86. The van der Waals surface area contributed by atoms with Gasteiger partial charge in [-0.3, -0.25) is 14.7 Å². The fourth-order valence-electron chi connectivity index (χ4n) is 5.31. The Hall–Kier alpha value is -1.68. The molecule has 1 aromatic rings. The van der Waals surface area contributed by atoms with Crippen molar-refractivity contribution in [1.29, 1.82) is 0 Å². The van der Waals surface area contributed by atoms with Crippen molar-refractivity contribution < 1.29 is 21.9 Å². The molecule has 1 saturated carbocycles. The number of rotatable bonds is 3. The molecule has 0 radical (unpaired) electrons. The highest BCUT2D eigenvalue weighted by Gasteiger charge is 2.67. The minimum Gasteiger partial charge on any atom is -0.368 e. The zero-order valence-corrected chi connectivity index (χ0v) is 15.1. The van der Waals surface area contributed by atoms with E-state index in [0.29, 0.717) is 6.42 Å². The molecule has 1 saturated heterocycles. The first kappa shape index (κ1) is 17.7. The van der Waals surface area contributed by atoms with Gasteiger partial charge < -0.3 is 11.1 Å². The number of fused-ring (bicyclic) bond motifs is 3. The van der Waals surface area contributed by atoms with Crippen molar-refractivity contribution >= 4 is 22.0 Å². The van der Waals surface area contributed by atoms with Gasteiger partial charge in [0.05, 0.1) is 11.5 Å². The Morgan fingerprint density at radius 2 is 1.92 bits per heavy atom. The zero-order valence-electron chi connectivity index (χ0n) is 14.3.